The van der Waals surface area contributed by atoms with Crippen LogP contribution in [0.2, 0.25) is 0 Å². The van der Waals surface area contributed by atoms with Gasteiger partial charge in [-0.1, -0.05) is 78.9 Å². The highest BCUT2D eigenvalue weighted by molar-refractivity contribution is 5.89. The van der Waals surface area contributed by atoms with Gasteiger partial charge < -0.3 is 20.5 Å². The predicted octanol–water partition coefficient (Wildman–Crippen LogP) is 3.48. The molecule has 0 aromatic heterocycles. The third-order valence-electron chi connectivity index (χ3n) is 5.10. The summed E-state index contributed by atoms with van der Waals surface area (Å²) in [4.78, 5) is 37.2. The van der Waals surface area contributed by atoms with E-state index in [0.717, 1.165) is 11.1 Å². The van der Waals surface area contributed by atoms with Gasteiger partial charge in [0.05, 0.1) is 0 Å². The molecule has 0 saturated carbocycles. The van der Waals surface area contributed by atoms with Gasteiger partial charge in [0, 0.05) is 12.8 Å². The van der Waals surface area contributed by atoms with Crippen molar-refractivity contribution >= 4 is 18.0 Å². The maximum Gasteiger partial charge on any atom is 0.408 e. The zero-order valence-corrected chi connectivity index (χ0v) is 18.3. The average Bonchev–Trinajstić information content (AvgIpc) is 2.84. The number of amides is 2. The number of benzene rings is 3. The van der Waals surface area contributed by atoms with Crippen LogP contribution in [0.4, 0.5) is 9.18 Å². The summed E-state index contributed by atoms with van der Waals surface area (Å²) in [5.41, 5.74) is 1.69. The summed E-state index contributed by atoms with van der Waals surface area (Å²) in [6.45, 7) is 0.0113. The van der Waals surface area contributed by atoms with Crippen LogP contribution >= 0.6 is 0 Å². The van der Waals surface area contributed by atoms with E-state index in [0.29, 0.717) is 0 Å². The molecule has 3 rings (SSSR count). The molecule has 3 aromatic rings. The minimum atomic E-state index is -1.38. The maximum atomic E-state index is 14.0. The molecule has 0 bridgehead atoms. The number of carbonyl (C=O) groups excluding carboxylic acids is 2. The number of carbonyl (C=O) groups is 3. The van der Waals surface area contributed by atoms with Gasteiger partial charge in [-0.2, -0.15) is 0 Å². The first-order chi connectivity index (χ1) is 16.4. The van der Waals surface area contributed by atoms with Crippen LogP contribution in [-0.2, 0) is 33.8 Å². The molecular weight excluding hydrogens is 439 g/mol. The fourth-order valence-electron chi connectivity index (χ4n) is 3.32. The normalized spacial score (nSPS) is 12.3. The zero-order chi connectivity index (χ0) is 24.3. The quantitative estimate of drug-likeness (QED) is 0.426. The van der Waals surface area contributed by atoms with Gasteiger partial charge >= 0.3 is 12.1 Å². The first kappa shape index (κ1) is 24.4. The fourth-order valence-corrected chi connectivity index (χ4v) is 3.32. The zero-order valence-electron chi connectivity index (χ0n) is 18.3. The summed E-state index contributed by atoms with van der Waals surface area (Å²) in [6.07, 6.45) is -0.954. The van der Waals surface area contributed by atoms with Gasteiger partial charge in [0.15, 0.2) is 0 Å². The number of hydrogen-bond acceptors (Lipinski definition) is 4. The van der Waals surface area contributed by atoms with Crippen molar-refractivity contribution in [1.29, 1.82) is 0 Å². The monoisotopic (exact) mass is 464 g/mol. The molecule has 0 aliphatic rings. The van der Waals surface area contributed by atoms with Crippen LogP contribution in [0, 0.1) is 5.82 Å². The Labute approximate surface area is 196 Å². The topological polar surface area (TPSA) is 105 Å². The number of halogens is 1. The molecule has 2 atom stereocenters. The minimum absolute atomic E-state index is 0.0113. The van der Waals surface area contributed by atoms with Crippen molar-refractivity contribution in [2.45, 2.75) is 31.5 Å². The summed E-state index contributed by atoms with van der Waals surface area (Å²) in [5.74, 6) is -2.60. The average molecular weight is 464 g/mol. The third kappa shape index (κ3) is 7.44. The Kier molecular flexibility index (Phi) is 8.73. The Morgan fingerprint density at radius 3 is 1.97 bits per heavy atom. The molecule has 3 N–H and O–H groups in total. The number of carboxylic acids is 1. The van der Waals surface area contributed by atoms with E-state index in [1.54, 1.807) is 42.5 Å². The van der Waals surface area contributed by atoms with E-state index in [1.807, 2.05) is 24.3 Å². The summed E-state index contributed by atoms with van der Waals surface area (Å²) in [5, 5.41) is 14.5. The van der Waals surface area contributed by atoms with Gasteiger partial charge in [0.1, 0.15) is 24.5 Å². The molecule has 0 aliphatic heterocycles. The lowest BCUT2D eigenvalue weighted by Crippen LogP contribution is -2.53. The number of aliphatic carboxylic acids is 1. The number of alkyl carbamates (subject to hydrolysis) is 1. The number of ether oxygens (including phenoxy) is 1. The fraction of sp³-hybridized carbons (Fsp3) is 0.192. The van der Waals surface area contributed by atoms with E-state index in [4.69, 9.17) is 4.74 Å². The Hall–Kier alpha value is -4.20. The summed E-state index contributed by atoms with van der Waals surface area (Å²) in [7, 11) is 0. The van der Waals surface area contributed by atoms with Crippen molar-refractivity contribution in [3.8, 4) is 0 Å². The van der Waals surface area contributed by atoms with Crippen LogP contribution in [-0.4, -0.2) is 35.2 Å². The molecular formula is C26H25FN2O5. The van der Waals surface area contributed by atoms with E-state index in [2.05, 4.69) is 10.6 Å². The highest BCUT2D eigenvalue weighted by atomic mass is 19.1. The van der Waals surface area contributed by atoms with Crippen molar-refractivity contribution in [3.05, 3.63) is 107 Å². The molecule has 0 unspecified atom stereocenters. The Balaban J connectivity index is 1.70. The van der Waals surface area contributed by atoms with Gasteiger partial charge in [-0.15, -0.1) is 0 Å². The van der Waals surface area contributed by atoms with Crippen molar-refractivity contribution in [3.63, 3.8) is 0 Å². The summed E-state index contributed by atoms with van der Waals surface area (Å²) < 4.78 is 19.2. The van der Waals surface area contributed by atoms with Crippen LogP contribution in [0.15, 0.2) is 84.9 Å². The maximum absolute atomic E-state index is 14.0. The van der Waals surface area contributed by atoms with E-state index < -0.39 is 35.9 Å². The Morgan fingerprint density at radius 1 is 0.765 bits per heavy atom. The van der Waals surface area contributed by atoms with Crippen LogP contribution < -0.4 is 10.6 Å². The second-order valence-corrected chi connectivity index (χ2v) is 7.64. The van der Waals surface area contributed by atoms with Gasteiger partial charge in [-0.3, -0.25) is 4.79 Å². The molecule has 0 fully saturated rings. The number of rotatable bonds is 10. The molecule has 0 aliphatic carbocycles. The molecule has 0 radical (unpaired) electrons. The summed E-state index contributed by atoms with van der Waals surface area (Å²) in [6, 6.07) is 21.3. The SMILES string of the molecule is O=C(N[C@H](Cc1ccccc1)C(=O)N[C@H](Cc1ccccc1F)C(=O)O)OCc1ccccc1. The lowest BCUT2D eigenvalue weighted by molar-refractivity contribution is -0.142. The van der Waals surface area contributed by atoms with Crippen molar-refractivity contribution in [2.75, 3.05) is 0 Å². The molecule has 34 heavy (non-hydrogen) atoms. The molecule has 7 nitrogen and oxygen atoms in total. The number of carboxylic acid groups (broad SMARTS) is 1. The van der Waals surface area contributed by atoms with E-state index >= 15 is 0 Å². The first-order valence-corrected chi connectivity index (χ1v) is 10.7. The molecule has 0 heterocycles. The van der Waals surface area contributed by atoms with Gasteiger partial charge in [0.2, 0.25) is 5.91 Å². The van der Waals surface area contributed by atoms with Gasteiger partial charge in [-0.05, 0) is 22.8 Å². The second kappa shape index (κ2) is 12.2. The predicted molar refractivity (Wildman–Crippen MR) is 123 cm³/mol. The standard InChI is InChI=1S/C26H25FN2O5/c27-21-14-8-7-13-20(21)16-23(25(31)32)28-24(30)22(15-18-9-3-1-4-10-18)29-26(33)34-17-19-11-5-2-6-12-19/h1-14,22-23H,15-17H2,(H,28,30)(H,29,33)(H,31,32)/t22-,23-/m1/s1. The van der Waals surface area contributed by atoms with E-state index in [1.165, 1.54) is 18.2 Å². The molecule has 3 aromatic carbocycles. The molecule has 8 heteroatoms. The second-order valence-electron chi connectivity index (χ2n) is 7.64. The third-order valence-corrected chi connectivity index (χ3v) is 5.10. The minimum Gasteiger partial charge on any atom is -0.480 e. The van der Waals surface area contributed by atoms with Crippen LogP contribution in [0.25, 0.3) is 0 Å². The van der Waals surface area contributed by atoms with Crippen LogP contribution in [0.1, 0.15) is 16.7 Å². The van der Waals surface area contributed by atoms with Crippen molar-refractivity contribution < 1.29 is 28.6 Å². The lowest BCUT2D eigenvalue weighted by atomic mass is 10.0. The lowest BCUT2D eigenvalue weighted by Gasteiger charge is -2.22. The first-order valence-electron chi connectivity index (χ1n) is 10.7. The van der Waals surface area contributed by atoms with Gasteiger partial charge in [-0.25, -0.2) is 14.0 Å². The molecule has 0 saturated heterocycles. The number of hydrogen-bond donors (Lipinski definition) is 3. The summed E-state index contributed by atoms with van der Waals surface area (Å²) >= 11 is 0. The molecule has 2 amide bonds. The van der Waals surface area contributed by atoms with Crippen LogP contribution in [0.5, 0.6) is 0 Å². The highest BCUT2D eigenvalue weighted by Gasteiger charge is 2.28. The smallest absolute Gasteiger partial charge is 0.408 e. The van der Waals surface area contributed by atoms with Crippen LogP contribution in [0.3, 0.4) is 0 Å². The highest BCUT2D eigenvalue weighted by Crippen LogP contribution is 2.11. The Morgan fingerprint density at radius 2 is 1.35 bits per heavy atom. The van der Waals surface area contributed by atoms with E-state index in [-0.39, 0.29) is 25.0 Å². The number of nitrogens with one attached hydrogen (secondary N) is 2. The van der Waals surface area contributed by atoms with Crippen molar-refractivity contribution in [2.24, 2.45) is 0 Å². The van der Waals surface area contributed by atoms with Crippen molar-refractivity contribution in [1.82, 2.24) is 10.6 Å². The largest absolute Gasteiger partial charge is 0.480 e. The van der Waals surface area contributed by atoms with Gasteiger partial charge in [0.25, 0.3) is 0 Å². The van der Waals surface area contributed by atoms with E-state index in [9.17, 15) is 23.9 Å². The Bertz CT molecular complexity index is 1110. The molecule has 0 spiro atoms. The molecule has 176 valence electrons.